The van der Waals surface area contributed by atoms with Gasteiger partial charge in [0.15, 0.2) is 5.69 Å². The van der Waals surface area contributed by atoms with Crippen LogP contribution in [0, 0.1) is 6.92 Å². The molecule has 10 heteroatoms. The quantitative estimate of drug-likeness (QED) is 0.438. The van der Waals surface area contributed by atoms with Crippen LogP contribution in [-0.2, 0) is 5.41 Å². The van der Waals surface area contributed by atoms with E-state index in [2.05, 4.69) is 10.3 Å². The molecule has 2 N–H and O–H groups in total. The molecule has 1 spiro atoms. The Bertz CT molecular complexity index is 1430. The van der Waals surface area contributed by atoms with E-state index in [1.807, 2.05) is 26.8 Å². The van der Waals surface area contributed by atoms with E-state index < -0.39 is 23.3 Å². The molecule has 1 aliphatic carbocycles. The molecule has 7 nitrogen and oxygen atoms in total. The van der Waals surface area contributed by atoms with Gasteiger partial charge in [-0.1, -0.05) is 24.6 Å². The van der Waals surface area contributed by atoms with Gasteiger partial charge in [0, 0.05) is 29.9 Å². The number of benzene rings is 1. The highest BCUT2D eigenvalue weighted by molar-refractivity contribution is 6.29. The highest BCUT2D eigenvalue weighted by atomic mass is 35.5. The number of halogens is 3. The minimum absolute atomic E-state index is 0.0555. The van der Waals surface area contributed by atoms with Gasteiger partial charge in [0.25, 0.3) is 5.56 Å². The number of hydrogen-bond acceptors (Lipinski definition) is 5. The zero-order valence-corrected chi connectivity index (χ0v) is 20.3. The molecule has 1 aliphatic heterocycles. The number of alkyl halides is 2. The van der Waals surface area contributed by atoms with Crippen molar-refractivity contribution in [3.63, 3.8) is 0 Å². The first-order valence-corrected chi connectivity index (χ1v) is 11.9. The highest BCUT2D eigenvalue weighted by Gasteiger charge is 2.62. The second kappa shape index (κ2) is 7.98. The van der Waals surface area contributed by atoms with Crippen molar-refractivity contribution in [3.05, 3.63) is 62.4 Å². The standard InChI is InChI=1S/C25H25ClF2N4O3/c1-4-14-9-24(10-25(27,28)11-24)23-31-19-15(7-12(2)8-16(19)21(33)32(14)23)13(3)29-17-5-6-18(26)30-20(17)22(34)35/h5-8,13-14,29H,4,9-11H2,1-3H3,(H,34,35)/t13-,14+/m1/s1. The Morgan fingerprint density at radius 2 is 2.03 bits per heavy atom. The molecule has 3 aromatic rings. The third kappa shape index (κ3) is 3.76. The van der Waals surface area contributed by atoms with Gasteiger partial charge in [0.2, 0.25) is 5.92 Å². The summed E-state index contributed by atoms with van der Waals surface area (Å²) in [6, 6.07) is 6.04. The molecular weight excluding hydrogens is 478 g/mol. The lowest BCUT2D eigenvalue weighted by Gasteiger charge is -2.44. The van der Waals surface area contributed by atoms with Crippen molar-refractivity contribution in [2.75, 3.05) is 5.32 Å². The minimum atomic E-state index is -2.75. The Balaban J connectivity index is 1.66. The molecule has 35 heavy (non-hydrogen) atoms. The van der Waals surface area contributed by atoms with E-state index in [4.69, 9.17) is 16.6 Å². The van der Waals surface area contributed by atoms with E-state index in [1.165, 1.54) is 12.1 Å². The van der Waals surface area contributed by atoms with Crippen LogP contribution in [-0.4, -0.2) is 31.5 Å². The Morgan fingerprint density at radius 3 is 2.66 bits per heavy atom. The number of aromatic carboxylic acids is 1. The molecule has 0 bridgehead atoms. The third-order valence-electron chi connectivity index (χ3n) is 7.21. The minimum Gasteiger partial charge on any atom is -0.476 e. The number of carboxylic acids is 1. The Morgan fingerprint density at radius 1 is 1.31 bits per heavy atom. The first-order valence-electron chi connectivity index (χ1n) is 11.6. The number of carbonyl (C=O) groups is 1. The van der Waals surface area contributed by atoms with Gasteiger partial charge >= 0.3 is 5.97 Å². The van der Waals surface area contributed by atoms with Gasteiger partial charge in [0.05, 0.1) is 22.6 Å². The maximum Gasteiger partial charge on any atom is 0.356 e. The van der Waals surface area contributed by atoms with E-state index in [1.54, 1.807) is 10.6 Å². The van der Waals surface area contributed by atoms with E-state index in [0.29, 0.717) is 35.1 Å². The molecule has 2 aromatic heterocycles. The van der Waals surface area contributed by atoms with Gasteiger partial charge in [-0.2, -0.15) is 0 Å². The van der Waals surface area contributed by atoms with E-state index in [-0.39, 0.29) is 41.0 Å². The topological polar surface area (TPSA) is 97.1 Å². The summed E-state index contributed by atoms with van der Waals surface area (Å²) in [7, 11) is 0. The number of aryl methyl sites for hydroxylation is 1. The van der Waals surface area contributed by atoms with Crippen LogP contribution in [0.1, 0.15) is 79.1 Å². The van der Waals surface area contributed by atoms with Crippen LogP contribution < -0.4 is 10.9 Å². The molecule has 0 amide bonds. The molecule has 0 saturated heterocycles. The molecule has 1 saturated carbocycles. The highest BCUT2D eigenvalue weighted by Crippen LogP contribution is 2.59. The van der Waals surface area contributed by atoms with Crippen molar-refractivity contribution in [2.24, 2.45) is 0 Å². The number of rotatable bonds is 5. The Hall–Kier alpha value is -3.07. The number of pyridine rings is 1. The summed E-state index contributed by atoms with van der Waals surface area (Å²) in [6.45, 7) is 5.64. The number of nitrogens with zero attached hydrogens (tertiary/aromatic N) is 3. The number of anilines is 1. The second-order valence-electron chi connectivity index (χ2n) is 9.82. The van der Waals surface area contributed by atoms with Crippen LogP contribution in [0.25, 0.3) is 10.9 Å². The third-order valence-corrected chi connectivity index (χ3v) is 7.42. The molecule has 1 aromatic carbocycles. The molecule has 0 radical (unpaired) electrons. The van der Waals surface area contributed by atoms with Crippen molar-refractivity contribution in [3.8, 4) is 0 Å². The molecule has 5 rings (SSSR count). The molecule has 3 heterocycles. The first-order chi connectivity index (χ1) is 16.4. The predicted octanol–water partition coefficient (Wildman–Crippen LogP) is 5.65. The zero-order valence-electron chi connectivity index (χ0n) is 19.5. The molecule has 184 valence electrons. The number of hydrogen-bond donors (Lipinski definition) is 2. The van der Waals surface area contributed by atoms with Crippen LogP contribution in [0.5, 0.6) is 0 Å². The summed E-state index contributed by atoms with van der Waals surface area (Å²) in [5.74, 6) is -3.55. The van der Waals surface area contributed by atoms with Crippen molar-refractivity contribution in [1.82, 2.24) is 14.5 Å². The van der Waals surface area contributed by atoms with Crippen LogP contribution in [0.15, 0.2) is 29.1 Å². The SMILES string of the molecule is CC[C@H]1CC2(CC(F)(F)C2)c2nc3c([C@@H](C)Nc4ccc(Cl)nc4C(=O)O)cc(C)cc3c(=O)n21. The fourth-order valence-electron chi connectivity index (χ4n) is 5.75. The molecule has 2 atom stereocenters. The Labute approximate surface area is 205 Å². The van der Waals surface area contributed by atoms with Crippen LogP contribution in [0.3, 0.4) is 0 Å². The maximum atomic E-state index is 14.0. The van der Waals surface area contributed by atoms with Gasteiger partial charge in [0.1, 0.15) is 11.0 Å². The Kier molecular flexibility index (Phi) is 5.39. The number of fused-ring (bicyclic) bond motifs is 3. The lowest BCUT2D eigenvalue weighted by atomic mass is 9.64. The van der Waals surface area contributed by atoms with Gasteiger partial charge in [-0.25, -0.2) is 23.5 Å². The fraction of sp³-hybridized carbons (Fsp3) is 0.440. The monoisotopic (exact) mass is 502 g/mol. The van der Waals surface area contributed by atoms with Crippen molar-refractivity contribution in [2.45, 2.75) is 69.9 Å². The molecule has 2 aliphatic rings. The van der Waals surface area contributed by atoms with Crippen molar-refractivity contribution in [1.29, 1.82) is 0 Å². The lowest BCUT2D eigenvalue weighted by Crippen LogP contribution is -2.49. The average molecular weight is 503 g/mol. The van der Waals surface area contributed by atoms with Crippen LogP contribution >= 0.6 is 11.6 Å². The molecule has 0 unspecified atom stereocenters. The lowest BCUT2D eigenvalue weighted by molar-refractivity contribution is -0.128. The first kappa shape index (κ1) is 23.7. The van der Waals surface area contributed by atoms with Crippen LogP contribution in [0.2, 0.25) is 5.15 Å². The van der Waals surface area contributed by atoms with Gasteiger partial charge < -0.3 is 10.4 Å². The predicted molar refractivity (Wildman–Crippen MR) is 129 cm³/mol. The zero-order chi connectivity index (χ0) is 25.3. The summed E-state index contributed by atoms with van der Waals surface area (Å²) in [6.07, 6.45) is 0.535. The van der Waals surface area contributed by atoms with Crippen molar-refractivity contribution >= 4 is 34.2 Å². The molecule has 1 fully saturated rings. The van der Waals surface area contributed by atoms with Crippen LogP contribution in [0.4, 0.5) is 14.5 Å². The smallest absolute Gasteiger partial charge is 0.356 e. The average Bonchev–Trinajstić information content (AvgIpc) is 3.08. The molecular formula is C25H25ClF2N4O3. The van der Waals surface area contributed by atoms with Gasteiger partial charge in [-0.05, 0) is 50.5 Å². The second-order valence-corrected chi connectivity index (χ2v) is 10.2. The number of nitrogens with one attached hydrogen (secondary N) is 1. The van der Waals surface area contributed by atoms with E-state index >= 15 is 0 Å². The summed E-state index contributed by atoms with van der Waals surface area (Å²) in [4.78, 5) is 34.1. The number of carboxylic acid groups (broad SMARTS) is 1. The van der Waals surface area contributed by atoms with E-state index in [9.17, 15) is 23.5 Å². The van der Waals surface area contributed by atoms with Crippen molar-refractivity contribution < 1.29 is 18.7 Å². The fourth-order valence-corrected chi connectivity index (χ4v) is 5.90. The van der Waals surface area contributed by atoms with Gasteiger partial charge in [-0.3, -0.25) is 9.36 Å². The van der Waals surface area contributed by atoms with E-state index in [0.717, 1.165) is 5.56 Å². The summed E-state index contributed by atoms with van der Waals surface area (Å²) in [5.41, 5.74) is 0.974. The maximum absolute atomic E-state index is 14.0. The normalized spacial score (nSPS) is 20.5. The largest absolute Gasteiger partial charge is 0.476 e. The van der Waals surface area contributed by atoms with Gasteiger partial charge in [-0.15, -0.1) is 0 Å². The number of aromatic nitrogens is 3. The summed E-state index contributed by atoms with van der Waals surface area (Å²) < 4.78 is 29.7. The summed E-state index contributed by atoms with van der Waals surface area (Å²) >= 11 is 5.87. The summed E-state index contributed by atoms with van der Waals surface area (Å²) in [5, 5.41) is 13.2.